The van der Waals surface area contributed by atoms with Crippen molar-refractivity contribution in [3.8, 4) is 5.75 Å². The van der Waals surface area contributed by atoms with Gasteiger partial charge in [0.05, 0.1) is 0 Å². The van der Waals surface area contributed by atoms with Crippen molar-refractivity contribution in [1.29, 1.82) is 0 Å². The Hall–Kier alpha value is -2.43. The standard InChI is InChI=1S/C24H30F2O3/c1-7-15(19(25)9-8-14(2)21(26)22(28)29)16-12-17-18(13-20(16)27)24(5,6)11-10-23(17,3)4/h8-9,12-13,27H,7,10-11H2,1-6H3,(H,28,29)/b9-8+,19-15+,21-14-. The van der Waals surface area contributed by atoms with Crippen molar-refractivity contribution in [1.82, 2.24) is 0 Å². The van der Waals surface area contributed by atoms with Gasteiger partial charge in [-0.25, -0.2) is 9.18 Å². The first kappa shape index (κ1) is 22.9. The first-order chi connectivity index (χ1) is 13.3. The summed E-state index contributed by atoms with van der Waals surface area (Å²) < 4.78 is 28.4. The number of fused-ring (bicyclic) bond motifs is 1. The molecule has 1 aliphatic rings. The molecule has 0 bridgehead atoms. The summed E-state index contributed by atoms with van der Waals surface area (Å²) in [4.78, 5) is 10.7. The predicted molar refractivity (Wildman–Crippen MR) is 112 cm³/mol. The van der Waals surface area contributed by atoms with Crippen molar-refractivity contribution >= 4 is 11.5 Å². The van der Waals surface area contributed by atoms with Gasteiger partial charge in [0.2, 0.25) is 5.83 Å². The molecule has 5 heteroatoms. The number of phenols is 1. The van der Waals surface area contributed by atoms with Gasteiger partial charge in [-0.3, -0.25) is 0 Å². The molecule has 2 N–H and O–H groups in total. The summed E-state index contributed by atoms with van der Waals surface area (Å²) in [6.07, 6.45) is 4.45. The van der Waals surface area contributed by atoms with E-state index in [9.17, 15) is 18.7 Å². The van der Waals surface area contributed by atoms with Gasteiger partial charge < -0.3 is 10.2 Å². The minimum absolute atomic E-state index is 0.0129. The van der Waals surface area contributed by atoms with Crippen molar-refractivity contribution < 1.29 is 23.8 Å². The summed E-state index contributed by atoms with van der Waals surface area (Å²) in [7, 11) is 0. The van der Waals surface area contributed by atoms with Gasteiger partial charge in [0, 0.05) is 5.56 Å². The lowest BCUT2D eigenvalue weighted by molar-refractivity contribution is -0.134. The molecule has 0 aromatic heterocycles. The third kappa shape index (κ3) is 4.60. The van der Waals surface area contributed by atoms with E-state index in [0.717, 1.165) is 36.1 Å². The van der Waals surface area contributed by atoms with E-state index in [4.69, 9.17) is 5.11 Å². The van der Waals surface area contributed by atoms with Gasteiger partial charge in [0.25, 0.3) is 0 Å². The number of halogens is 2. The molecule has 0 amide bonds. The third-order valence-corrected chi connectivity index (χ3v) is 5.95. The average Bonchev–Trinajstić information content (AvgIpc) is 2.64. The highest BCUT2D eigenvalue weighted by atomic mass is 19.1. The van der Waals surface area contributed by atoms with Crippen LogP contribution in [0.4, 0.5) is 8.78 Å². The maximum absolute atomic E-state index is 14.9. The first-order valence-corrected chi connectivity index (χ1v) is 9.86. The SMILES string of the molecule is CC/C(=C(F)/C=C/C(C)=C(\F)C(=O)O)c1cc2c(cc1O)C(C)(C)CCC2(C)C. The normalized spacial score (nSPS) is 19.4. The second kappa shape index (κ2) is 8.13. The molecule has 0 saturated carbocycles. The van der Waals surface area contributed by atoms with E-state index in [1.807, 2.05) is 6.07 Å². The van der Waals surface area contributed by atoms with Gasteiger partial charge in [-0.15, -0.1) is 0 Å². The number of carboxylic acids is 1. The van der Waals surface area contributed by atoms with Crippen LogP contribution in [0.1, 0.15) is 77.5 Å². The Balaban J connectivity index is 2.61. The lowest BCUT2D eigenvalue weighted by atomic mass is 9.62. The fraction of sp³-hybridized carbons (Fsp3) is 0.458. The summed E-state index contributed by atoms with van der Waals surface area (Å²) in [5, 5.41) is 19.4. The molecule has 1 aromatic carbocycles. The number of aliphatic carboxylic acids is 1. The fourth-order valence-corrected chi connectivity index (χ4v) is 3.87. The molecule has 0 unspecified atom stereocenters. The number of rotatable bonds is 5. The van der Waals surface area contributed by atoms with E-state index in [1.165, 1.54) is 6.92 Å². The smallest absolute Gasteiger partial charge is 0.365 e. The molecule has 0 aliphatic heterocycles. The fourth-order valence-electron chi connectivity index (χ4n) is 3.87. The number of benzene rings is 1. The van der Waals surface area contributed by atoms with Gasteiger partial charge >= 0.3 is 5.97 Å². The number of hydrogen-bond donors (Lipinski definition) is 2. The number of carbonyl (C=O) groups is 1. The highest BCUT2D eigenvalue weighted by molar-refractivity contribution is 5.85. The van der Waals surface area contributed by atoms with E-state index in [0.29, 0.717) is 17.6 Å². The van der Waals surface area contributed by atoms with Crippen molar-refractivity contribution in [2.75, 3.05) is 0 Å². The molecule has 158 valence electrons. The minimum Gasteiger partial charge on any atom is -0.507 e. The zero-order valence-electron chi connectivity index (χ0n) is 18.0. The lowest BCUT2D eigenvalue weighted by Crippen LogP contribution is -2.33. The van der Waals surface area contributed by atoms with Crippen LogP contribution in [0.15, 0.2) is 41.5 Å². The predicted octanol–water partition coefficient (Wildman–Crippen LogP) is 6.72. The van der Waals surface area contributed by atoms with Crippen LogP contribution in [0.25, 0.3) is 5.57 Å². The number of aromatic hydroxyl groups is 1. The number of carboxylic acid groups (broad SMARTS) is 1. The van der Waals surface area contributed by atoms with E-state index < -0.39 is 17.6 Å². The Morgan fingerprint density at radius 1 is 1.07 bits per heavy atom. The number of allylic oxidation sites excluding steroid dienone is 5. The molecular formula is C24H30F2O3. The van der Waals surface area contributed by atoms with Crippen molar-refractivity contribution in [3.63, 3.8) is 0 Å². The summed E-state index contributed by atoms with van der Waals surface area (Å²) in [5.74, 6) is -3.63. The first-order valence-electron chi connectivity index (χ1n) is 9.86. The van der Waals surface area contributed by atoms with Crippen LogP contribution in [-0.2, 0) is 15.6 Å². The van der Waals surface area contributed by atoms with E-state index in [-0.39, 0.29) is 22.2 Å². The molecule has 0 saturated heterocycles. The Bertz CT molecular complexity index is 918. The Kier molecular flexibility index (Phi) is 6.41. The number of hydrogen-bond acceptors (Lipinski definition) is 2. The van der Waals surface area contributed by atoms with Crippen LogP contribution in [0, 0.1) is 0 Å². The largest absolute Gasteiger partial charge is 0.507 e. The van der Waals surface area contributed by atoms with Gasteiger partial charge in [0.15, 0.2) is 0 Å². The van der Waals surface area contributed by atoms with Crippen molar-refractivity contribution in [2.24, 2.45) is 0 Å². The topological polar surface area (TPSA) is 57.5 Å². The van der Waals surface area contributed by atoms with E-state index >= 15 is 0 Å². The van der Waals surface area contributed by atoms with Gasteiger partial charge in [-0.1, -0.05) is 40.7 Å². The van der Waals surface area contributed by atoms with Gasteiger partial charge in [0.1, 0.15) is 11.6 Å². The van der Waals surface area contributed by atoms with Crippen LogP contribution in [0.5, 0.6) is 5.75 Å². The molecule has 1 aliphatic carbocycles. The van der Waals surface area contributed by atoms with Gasteiger partial charge in [-0.2, -0.15) is 4.39 Å². The Morgan fingerprint density at radius 2 is 1.59 bits per heavy atom. The molecular weight excluding hydrogens is 374 g/mol. The maximum atomic E-state index is 14.9. The van der Waals surface area contributed by atoms with Crippen LogP contribution in [0.3, 0.4) is 0 Å². The summed E-state index contributed by atoms with van der Waals surface area (Å²) in [5.41, 5.74) is 2.53. The summed E-state index contributed by atoms with van der Waals surface area (Å²) in [6.45, 7) is 11.6. The Morgan fingerprint density at radius 3 is 2.07 bits per heavy atom. The summed E-state index contributed by atoms with van der Waals surface area (Å²) in [6, 6.07) is 3.62. The second-order valence-electron chi connectivity index (χ2n) is 9.00. The highest BCUT2D eigenvalue weighted by Gasteiger charge is 2.38. The van der Waals surface area contributed by atoms with E-state index in [2.05, 4.69) is 27.7 Å². The molecule has 2 rings (SSSR count). The quantitative estimate of drug-likeness (QED) is 0.423. The van der Waals surface area contributed by atoms with Crippen LogP contribution < -0.4 is 0 Å². The second-order valence-corrected chi connectivity index (χ2v) is 9.00. The molecule has 0 heterocycles. The monoisotopic (exact) mass is 404 g/mol. The number of phenolic OH excluding ortho intramolecular Hbond substituents is 1. The van der Waals surface area contributed by atoms with Crippen molar-refractivity contribution in [2.45, 2.75) is 71.6 Å². The summed E-state index contributed by atoms with van der Waals surface area (Å²) >= 11 is 0. The van der Waals surface area contributed by atoms with Gasteiger partial charge in [-0.05, 0) is 77.5 Å². The highest BCUT2D eigenvalue weighted by Crippen LogP contribution is 2.48. The van der Waals surface area contributed by atoms with E-state index in [1.54, 1.807) is 13.0 Å². The minimum atomic E-state index is -1.69. The molecule has 1 aromatic rings. The molecule has 0 fully saturated rings. The van der Waals surface area contributed by atoms with Crippen LogP contribution >= 0.6 is 0 Å². The molecule has 29 heavy (non-hydrogen) atoms. The van der Waals surface area contributed by atoms with Crippen LogP contribution in [0.2, 0.25) is 0 Å². The van der Waals surface area contributed by atoms with Crippen molar-refractivity contribution in [3.05, 3.63) is 58.2 Å². The molecule has 3 nitrogen and oxygen atoms in total. The average molecular weight is 404 g/mol. The third-order valence-electron chi connectivity index (χ3n) is 5.95. The maximum Gasteiger partial charge on any atom is 0.365 e. The molecule has 0 spiro atoms. The zero-order valence-corrected chi connectivity index (χ0v) is 18.0. The molecule has 0 radical (unpaired) electrons. The van der Waals surface area contributed by atoms with Crippen LogP contribution in [-0.4, -0.2) is 16.2 Å². The lowest BCUT2D eigenvalue weighted by Gasteiger charge is -2.42. The Labute approximate surface area is 171 Å². The molecule has 0 atom stereocenters. The zero-order chi connectivity index (χ0) is 22.1.